The van der Waals surface area contributed by atoms with Crippen LogP contribution in [0.2, 0.25) is 0 Å². The summed E-state index contributed by atoms with van der Waals surface area (Å²) in [5.74, 6) is -1.95. The minimum atomic E-state index is -0.958. The molecule has 0 fully saturated rings. The van der Waals surface area contributed by atoms with Crippen molar-refractivity contribution in [2.75, 3.05) is 11.9 Å². The molecule has 0 bridgehead atoms. The summed E-state index contributed by atoms with van der Waals surface area (Å²) in [5.41, 5.74) is 10.7. The maximum Gasteiger partial charge on any atom is 0.328 e. The molecular formula is C13H16N4O5. The predicted molar refractivity (Wildman–Crippen MR) is 76.7 cm³/mol. The predicted octanol–water partition coefficient (Wildman–Crippen LogP) is -0.676. The van der Waals surface area contributed by atoms with E-state index >= 15 is 0 Å². The topological polar surface area (TPSA) is 154 Å². The summed E-state index contributed by atoms with van der Waals surface area (Å²) >= 11 is 0. The summed E-state index contributed by atoms with van der Waals surface area (Å²) in [6.45, 7) is 0.842. The van der Waals surface area contributed by atoms with Crippen LogP contribution < -0.4 is 22.1 Å². The van der Waals surface area contributed by atoms with Gasteiger partial charge in [0.1, 0.15) is 6.04 Å². The molecule has 4 amide bonds. The average molecular weight is 308 g/mol. The summed E-state index contributed by atoms with van der Waals surface area (Å²) in [4.78, 5) is 44.5. The van der Waals surface area contributed by atoms with Gasteiger partial charge < -0.3 is 26.8 Å². The highest BCUT2D eigenvalue weighted by atomic mass is 16.5. The van der Waals surface area contributed by atoms with Crippen LogP contribution in [-0.2, 0) is 14.3 Å². The second-order valence-corrected chi connectivity index (χ2v) is 4.33. The van der Waals surface area contributed by atoms with Gasteiger partial charge in [-0.15, -0.1) is 0 Å². The van der Waals surface area contributed by atoms with Crippen molar-refractivity contribution >= 4 is 29.5 Å². The number of hydrogen-bond acceptors (Lipinski definition) is 5. The maximum atomic E-state index is 11.6. The number of urea groups is 1. The molecule has 1 aromatic carbocycles. The molecule has 0 aliphatic carbocycles. The van der Waals surface area contributed by atoms with Gasteiger partial charge in [-0.05, 0) is 31.2 Å². The van der Waals surface area contributed by atoms with E-state index in [1.54, 1.807) is 0 Å². The number of ether oxygens (including phenoxy) is 1. The van der Waals surface area contributed by atoms with Crippen LogP contribution in [0.1, 0.15) is 17.3 Å². The Hall–Kier alpha value is -3.10. The van der Waals surface area contributed by atoms with Crippen LogP contribution in [0, 0.1) is 0 Å². The Morgan fingerprint density at radius 3 is 2.23 bits per heavy atom. The smallest absolute Gasteiger partial charge is 0.328 e. The molecule has 0 aliphatic rings. The number of carbonyl (C=O) groups excluding carboxylic acids is 4. The molecule has 1 rings (SSSR count). The van der Waals surface area contributed by atoms with E-state index < -0.39 is 36.5 Å². The zero-order chi connectivity index (χ0) is 16.7. The number of anilines is 1. The zero-order valence-corrected chi connectivity index (χ0v) is 11.8. The number of amides is 4. The van der Waals surface area contributed by atoms with Crippen molar-refractivity contribution in [2.45, 2.75) is 13.0 Å². The molecule has 1 aromatic rings. The maximum absolute atomic E-state index is 11.6. The van der Waals surface area contributed by atoms with Gasteiger partial charge >= 0.3 is 12.0 Å². The van der Waals surface area contributed by atoms with E-state index in [0.717, 1.165) is 0 Å². The number of nitrogens with one attached hydrogen (secondary N) is 2. The van der Waals surface area contributed by atoms with Crippen LogP contribution in [-0.4, -0.2) is 36.5 Å². The molecule has 22 heavy (non-hydrogen) atoms. The first-order valence-corrected chi connectivity index (χ1v) is 6.22. The molecule has 9 nitrogen and oxygen atoms in total. The molecule has 9 heteroatoms. The monoisotopic (exact) mass is 308 g/mol. The largest absolute Gasteiger partial charge is 0.454 e. The second-order valence-electron chi connectivity index (χ2n) is 4.33. The molecule has 0 heterocycles. The second kappa shape index (κ2) is 7.62. The lowest BCUT2D eigenvalue weighted by molar-refractivity contribution is -0.148. The highest BCUT2D eigenvalue weighted by Crippen LogP contribution is 2.09. The highest BCUT2D eigenvalue weighted by Gasteiger charge is 2.17. The Kier molecular flexibility index (Phi) is 5.87. The summed E-state index contributed by atoms with van der Waals surface area (Å²) in [7, 11) is 0. The first kappa shape index (κ1) is 17.0. The Morgan fingerprint density at radius 2 is 1.73 bits per heavy atom. The lowest BCUT2D eigenvalue weighted by atomic mass is 10.2. The fourth-order valence-corrected chi connectivity index (χ4v) is 1.45. The van der Waals surface area contributed by atoms with E-state index in [-0.39, 0.29) is 0 Å². The standard InChI is InChI=1S/C13H16N4O5/c1-7(16-13(15)21)12(20)22-6-10(18)17-9-4-2-8(3-5-9)11(14)19/h2-5,7H,6H2,1H3,(H2,14,19)(H,17,18)(H3,15,16,21)/t7-/m1/s1. The van der Waals surface area contributed by atoms with Gasteiger partial charge in [0.15, 0.2) is 6.61 Å². The molecule has 0 spiro atoms. The first-order chi connectivity index (χ1) is 10.3. The van der Waals surface area contributed by atoms with E-state index in [1.807, 2.05) is 0 Å². The Balaban J connectivity index is 2.44. The number of benzene rings is 1. The van der Waals surface area contributed by atoms with Gasteiger partial charge in [-0.3, -0.25) is 9.59 Å². The van der Waals surface area contributed by atoms with Crippen LogP contribution in [0.5, 0.6) is 0 Å². The molecule has 0 radical (unpaired) electrons. The normalized spacial score (nSPS) is 11.1. The van der Waals surface area contributed by atoms with Crippen LogP contribution in [0.3, 0.4) is 0 Å². The Labute approximate surface area is 126 Å². The van der Waals surface area contributed by atoms with Crippen LogP contribution in [0.15, 0.2) is 24.3 Å². The van der Waals surface area contributed by atoms with Crippen molar-refractivity contribution in [3.8, 4) is 0 Å². The van der Waals surface area contributed by atoms with Gasteiger partial charge in [0.2, 0.25) is 5.91 Å². The number of primary amides is 2. The third kappa shape index (κ3) is 5.49. The fourth-order valence-electron chi connectivity index (χ4n) is 1.45. The molecule has 1 atom stereocenters. The van der Waals surface area contributed by atoms with Crippen molar-refractivity contribution < 1.29 is 23.9 Å². The molecule has 0 aromatic heterocycles. The van der Waals surface area contributed by atoms with E-state index in [2.05, 4.69) is 10.6 Å². The van der Waals surface area contributed by atoms with Gasteiger partial charge in [-0.2, -0.15) is 0 Å². The number of esters is 1. The van der Waals surface area contributed by atoms with Crippen LogP contribution in [0.25, 0.3) is 0 Å². The zero-order valence-electron chi connectivity index (χ0n) is 11.8. The molecular weight excluding hydrogens is 292 g/mol. The van der Waals surface area contributed by atoms with E-state index in [0.29, 0.717) is 11.3 Å². The van der Waals surface area contributed by atoms with Gasteiger partial charge in [0.05, 0.1) is 0 Å². The van der Waals surface area contributed by atoms with Crippen molar-refractivity contribution in [1.29, 1.82) is 0 Å². The molecule has 0 saturated carbocycles. The van der Waals surface area contributed by atoms with E-state index in [1.165, 1.54) is 31.2 Å². The quantitative estimate of drug-likeness (QED) is 0.513. The summed E-state index contributed by atoms with van der Waals surface area (Å²) in [6, 6.07) is 4.03. The number of nitrogens with two attached hydrogens (primary N) is 2. The Bertz CT molecular complexity index is 585. The average Bonchev–Trinajstić information content (AvgIpc) is 2.44. The minimum Gasteiger partial charge on any atom is -0.454 e. The Morgan fingerprint density at radius 1 is 1.14 bits per heavy atom. The van der Waals surface area contributed by atoms with Crippen molar-refractivity contribution in [1.82, 2.24) is 5.32 Å². The lowest BCUT2D eigenvalue weighted by Crippen LogP contribution is -2.43. The SMILES string of the molecule is C[C@@H](NC(N)=O)C(=O)OCC(=O)Nc1ccc(C(N)=O)cc1. The minimum absolute atomic E-state index is 0.302. The van der Waals surface area contributed by atoms with E-state index in [4.69, 9.17) is 16.2 Å². The fraction of sp³-hybridized carbons (Fsp3) is 0.231. The summed E-state index contributed by atoms with van der Waals surface area (Å²) < 4.78 is 4.71. The van der Waals surface area contributed by atoms with Crippen LogP contribution in [0.4, 0.5) is 10.5 Å². The van der Waals surface area contributed by atoms with Gasteiger partial charge in [-0.25, -0.2) is 9.59 Å². The summed E-state index contributed by atoms with van der Waals surface area (Å²) in [5, 5.41) is 4.58. The van der Waals surface area contributed by atoms with Gasteiger partial charge in [0, 0.05) is 11.3 Å². The molecule has 0 unspecified atom stereocenters. The molecule has 6 N–H and O–H groups in total. The molecule has 0 aliphatic heterocycles. The first-order valence-electron chi connectivity index (χ1n) is 6.22. The van der Waals surface area contributed by atoms with Gasteiger partial charge in [-0.1, -0.05) is 0 Å². The molecule has 0 saturated heterocycles. The number of carbonyl (C=O) groups is 4. The van der Waals surface area contributed by atoms with E-state index in [9.17, 15) is 19.2 Å². The summed E-state index contributed by atoms with van der Waals surface area (Å²) in [6.07, 6.45) is 0. The number of rotatable bonds is 6. The van der Waals surface area contributed by atoms with Gasteiger partial charge in [0.25, 0.3) is 5.91 Å². The lowest BCUT2D eigenvalue weighted by Gasteiger charge is -2.11. The third-order valence-electron chi connectivity index (χ3n) is 2.51. The molecule has 118 valence electrons. The third-order valence-corrected chi connectivity index (χ3v) is 2.51. The highest BCUT2D eigenvalue weighted by molar-refractivity contribution is 5.95. The van der Waals surface area contributed by atoms with Crippen molar-refractivity contribution in [2.24, 2.45) is 11.5 Å². The number of hydrogen-bond donors (Lipinski definition) is 4. The van der Waals surface area contributed by atoms with Crippen molar-refractivity contribution in [3.05, 3.63) is 29.8 Å². The van der Waals surface area contributed by atoms with Crippen molar-refractivity contribution in [3.63, 3.8) is 0 Å². The van der Waals surface area contributed by atoms with Crippen LogP contribution >= 0.6 is 0 Å².